The lowest BCUT2D eigenvalue weighted by Crippen LogP contribution is -2.35. The van der Waals surface area contributed by atoms with E-state index in [2.05, 4.69) is 10.3 Å². The van der Waals surface area contributed by atoms with Gasteiger partial charge in [-0.25, -0.2) is 0 Å². The number of nitrogens with one attached hydrogen (secondary N) is 1. The number of hydrogen-bond donors (Lipinski definition) is 2. The highest BCUT2D eigenvalue weighted by Gasteiger charge is 2.21. The Balaban J connectivity index is 1.95. The molecule has 0 saturated heterocycles. The number of carbonyl (C=O) groups is 1. The molecule has 1 aromatic heterocycles. The van der Waals surface area contributed by atoms with Gasteiger partial charge in [-0.05, 0) is 29.7 Å². The van der Waals surface area contributed by atoms with Crippen LogP contribution in [-0.4, -0.2) is 10.9 Å². The van der Waals surface area contributed by atoms with E-state index in [1.165, 1.54) is 0 Å². The Morgan fingerprint density at radius 3 is 2.67 bits per heavy atom. The van der Waals surface area contributed by atoms with Crippen molar-refractivity contribution in [2.45, 2.75) is 26.4 Å². The standard InChI is InChI=1S/C17H21N3O/c1-12-10-19-9-8-15(12)11-20-17(21)13(2)16(18)14-6-4-3-5-7-14/h3-10,13,16H,11,18H2,1-2H3,(H,20,21). The fraction of sp³-hybridized carbons (Fsp3) is 0.294. The first kappa shape index (κ1) is 15.2. The molecule has 0 radical (unpaired) electrons. The highest BCUT2D eigenvalue weighted by molar-refractivity contribution is 5.79. The van der Waals surface area contributed by atoms with Gasteiger partial charge in [0, 0.05) is 25.0 Å². The molecule has 1 aromatic carbocycles. The average Bonchev–Trinajstić information content (AvgIpc) is 2.53. The summed E-state index contributed by atoms with van der Waals surface area (Å²) in [6, 6.07) is 11.3. The molecule has 4 heteroatoms. The summed E-state index contributed by atoms with van der Waals surface area (Å²) in [7, 11) is 0. The molecule has 0 saturated carbocycles. The molecule has 2 atom stereocenters. The summed E-state index contributed by atoms with van der Waals surface area (Å²) in [5.41, 5.74) is 9.28. The number of nitrogens with zero attached hydrogens (tertiary/aromatic N) is 1. The SMILES string of the molecule is Cc1cnccc1CNC(=O)C(C)C(N)c1ccccc1. The van der Waals surface area contributed by atoms with Gasteiger partial charge in [0.2, 0.25) is 5.91 Å². The fourth-order valence-corrected chi connectivity index (χ4v) is 2.17. The molecule has 1 heterocycles. The minimum atomic E-state index is -0.301. The maximum absolute atomic E-state index is 12.2. The van der Waals surface area contributed by atoms with Gasteiger partial charge < -0.3 is 11.1 Å². The highest BCUT2D eigenvalue weighted by Crippen LogP contribution is 2.19. The number of benzene rings is 1. The zero-order valence-corrected chi connectivity index (χ0v) is 12.4. The number of aryl methyl sites for hydroxylation is 1. The van der Waals surface area contributed by atoms with Gasteiger partial charge in [-0.15, -0.1) is 0 Å². The Bertz CT molecular complexity index is 598. The molecule has 4 nitrogen and oxygen atoms in total. The summed E-state index contributed by atoms with van der Waals surface area (Å²) in [4.78, 5) is 16.3. The minimum absolute atomic E-state index is 0.0393. The molecule has 0 aliphatic heterocycles. The Kier molecular flexibility index (Phi) is 5.06. The third-order valence-electron chi connectivity index (χ3n) is 3.73. The van der Waals surface area contributed by atoms with Crippen LogP contribution in [0.15, 0.2) is 48.8 Å². The molecule has 0 bridgehead atoms. The van der Waals surface area contributed by atoms with Crippen LogP contribution in [0.5, 0.6) is 0 Å². The van der Waals surface area contributed by atoms with Crippen LogP contribution in [0.3, 0.4) is 0 Å². The van der Waals surface area contributed by atoms with Crippen LogP contribution in [0.2, 0.25) is 0 Å². The quantitative estimate of drug-likeness (QED) is 0.885. The van der Waals surface area contributed by atoms with Gasteiger partial charge in [0.25, 0.3) is 0 Å². The lowest BCUT2D eigenvalue weighted by atomic mass is 9.94. The van der Waals surface area contributed by atoms with Gasteiger partial charge >= 0.3 is 0 Å². The topological polar surface area (TPSA) is 68.0 Å². The number of aromatic nitrogens is 1. The van der Waals surface area contributed by atoms with E-state index in [0.717, 1.165) is 16.7 Å². The number of amides is 1. The van der Waals surface area contributed by atoms with E-state index >= 15 is 0 Å². The van der Waals surface area contributed by atoms with Crippen molar-refractivity contribution in [3.8, 4) is 0 Å². The summed E-state index contributed by atoms with van der Waals surface area (Å²) in [5, 5.41) is 2.94. The second-order valence-corrected chi connectivity index (χ2v) is 5.25. The highest BCUT2D eigenvalue weighted by atomic mass is 16.1. The summed E-state index contributed by atoms with van der Waals surface area (Å²) < 4.78 is 0. The van der Waals surface area contributed by atoms with Gasteiger partial charge in [-0.3, -0.25) is 9.78 Å². The van der Waals surface area contributed by atoms with E-state index in [-0.39, 0.29) is 17.9 Å². The van der Waals surface area contributed by atoms with Crippen molar-refractivity contribution in [3.05, 3.63) is 65.5 Å². The number of pyridine rings is 1. The lowest BCUT2D eigenvalue weighted by Gasteiger charge is -2.20. The van der Waals surface area contributed by atoms with Crippen LogP contribution < -0.4 is 11.1 Å². The normalized spacial score (nSPS) is 13.5. The molecule has 3 N–H and O–H groups in total. The molecule has 0 aliphatic rings. The van der Waals surface area contributed by atoms with Crippen molar-refractivity contribution < 1.29 is 4.79 Å². The van der Waals surface area contributed by atoms with E-state index in [1.54, 1.807) is 12.4 Å². The lowest BCUT2D eigenvalue weighted by molar-refractivity contribution is -0.125. The summed E-state index contributed by atoms with van der Waals surface area (Å²) in [6.07, 6.45) is 3.52. The van der Waals surface area contributed by atoms with Gasteiger partial charge in [-0.1, -0.05) is 37.3 Å². The predicted octanol–water partition coefficient (Wildman–Crippen LogP) is 2.34. The van der Waals surface area contributed by atoms with Gasteiger partial charge in [0.15, 0.2) is 0 Å². The third kappa shape index (κ3) is 3.89. The van der Waals surface area contributed by atoms with Crippen LogP contribution in [0.25, 0.3) is 0 Å². The first-order valence-electron chi connectivity index (χ1n) is 7.07. The Hall–Kier alpha value is -2.20. The second-order valence-electron chi connectivity index (χ2n) is 5.25. The van der Waals surface area contributed by atoms with Crippen LogP contribution in [0, 0.1) is 12.8 Å². The van der Waals surface area contributed by atoms with Gasteiger partial charge in [-0.2, -0.15) is 0 Å². The number of hydrogen-bond acceptors (Lipinski definition) is 3. The van der Waals surface area contributed by atoms with Gasteiger partial charge in [0.05, 0.1) is 5.92 Å². The molecule has 0 aliphatic carbocycles. The van der Waals surface area contributed by atoms with Crippen LogP contribution >= 0.6 is 0 Å². The fourth-order valence-electron chi connectivity index (χ4n) is 2.17. The van der Waals surface area contributed by atoms with Crippen molar-refractivity contribution in [1.29, 1.82) is 0 Å². The second kappa shape index (κ2) is 6.99. The summed E-state index contributed by atoms with van der Waals surface area (Å²) >= 11 is 0. The molecule has 0 fully saturated rings. The molecule has 1 amide bonds. The number of rotatable bonds is 5. The molecule has 110 valence electrons. The van der Waals surface area contributed by atoms with Gasteiger partial charge in [0.1, 0.15) is 0 Å². The maximum atomic E-state index is 12.2. The van der Waals surface area contributed by atoms with E-state index in [9.17, 15) is 4.79 Å². The molecule has 2 aromatic rings. The Morgan fingerprint density at radius 1 is 1.29 bits per heavy atom. The molecule has 2 rings (SSSR count). The molecular weight excluding hydrogens is 262 g/mol. The number of nitrogens with two attached hydrogens (primary N) is 1. The zero-order chi connectivity index (χ0) is 15.2. The zero-order valence-electron chi connectivity index (χ0n) is 12.4. The smallest absolute Gasteiger partial charge is 0.225 e. The van der Waals surface area contributed by atoms with E-state index in [1.807, 2.05) is 50.2 Å². The van der Waals surface area contributed by atoms with E-state index in [0.29, 0.717) is 6.54 Å². The molecule has 2 unspecified atom stereocenters. The largest absolute Gasteiger partial charge is 0.352 e. The van der Waals surface area contributed by atoms with Crippen molar-refractivity contribution in [2.75, 3.05) is 0 Å². The minimum Gasteiger partial charge on any atom is -0.352 e. The number of carbonyl (C=O) groups excluding carboxylic acids is 1. The van der Waals surface area contributed by atoms with Crippen LogP contribution in [0.4, 0.5) is 0 Å². The van der Waals surface area contributed by atoms with Crippen molar-refractivity contribution in [2.24, 2.45) is 11.7 Å². The maximum Gasteiger partial charge on any atom is 0.225 e. The van der Waals surface area contributed by atoms with E-state index in [4.69, 9.17) is 5.73 Å². The third-order valence-corrected chi connectivity index (χ3v) is 3.73. The summed E-state index contributed by atoms with van der Waals surface area (Å²) in [5.74, 6) is -0.322. The van der Waals surface area contributed by atoms with E-state index < -0.39 is 0 Å². The van der Waals surface area contributed by atoms with Crippen molar-refractivity contribution in [1.82, 2.24) is 10.3 Å². The first-order valence-corrected chi connectivity index (χ1v) is 7.07. The van der Waals surface area contributed by atoms with Crippen LogP contribution in [0.1, 0.15) is 29.7 Å². The molecule has 21 heavy (non-hydrogen) atoms. The Morgan fingerprint density at radius 2 is 2.00 bits per heavy atom. The summed E-state index contributed by atoms with van der Waals surface area (Å²) in [6.45, 7) is 4.33. The molecular formula is C17H21N3O. The molecule has 0 spiro atoms. The van der Waals surface area contributed by atoms with Crippen LogP contribution in [-0.2, 0) is 11.3 Å². The first-order chi connectivity index (χ1) is 10.1. The van der Waals surface area contributed by atoms with Crippen molar-refractivity contribution in [3.63, 3.8) is 0 Å². The van der Waals surface area contributed by atoms with Crippen molar-refractivity contribution >= 4 is 5.91 Å². The monoisotopic (exact) mass is 283 g/mol. The predicted molar refractivity (Wildman–Crippen MR) is 83.4 cm³/mol. The Labute approximate surface area is 125 Å². The average molecular weight is 283 g/mol.